The number of ether oxygens (including phenoxy) is 1. The van der Waals surface area contributed by atoms with Crippen molar-refractivity contribution in [2.24, 2.45) is 5.41 Å². The molecular formula is C13H19NOS. The molecule has 1 aromatic heterocycles. The Morgan fingerprint density at radius 1 is 1.44 bits per heavy atom. The van der Waals surface area contributed by atoms with E-state index in [1.807, 2.05) is 11.3 Å². The fourth-order valence-corrected chi connectivity index (χ4v) is 3.75. The second kappa shape index (κ2) is 4.13. The van der Waals surface area contributed by atoms with E-state index in [1.54, 1.807) is 10.4 Å². The van der Waals surface area contributed by atoms with Crippen LogP contribution in [0.1, 0.15) is 28.7 Å². The molecule has 1 fully saturated rings. The van der Waals surface area contributed by atoms with Crippen LogP contribution in [0, 0.1) is 5.41 Å². The van der Waals surface area contributed by atoms with E-state index in [0.717, 1.165) is 26.3 Å². The maximum atomic E-state index is 5.25. The molecule has 2 nitrogen and oxygen atoms in total. The SMILES string of the molecule is CC1(CNCc2cc3c(s2)CCC3)COC1. The number of aryl methyl sites for hydroxylation is 2. The first-order chi connectivity index (χ1) is 7.75. The minimum absolute atomic E-state index is 0.389. The number of hydrogen-bond acceptors (Lipinski definition) is 3. The van der Waals surface area contributed by atoms with Crippen LogP contribution in [-0.4, -0.2) is 19.8 Å². The first-order valence-electron chi connectivity index (χ1n) is 6.14. The lowest BCUT2D eigenvalue weighted by molar-refractivity contribution is -0.0991. The smallest absolute Gasteiger partial charge is 0.0554 e. The van der Waals surface area contributed by atoms with E-state index in [4.69, 9.17) is 4.74 Å². The maximum absolute atomic E-state index is 5.25. The summed E-state index contributed by atoms with van der Waals surface area (Å²) in [7, 11) is 0. The third-order valence-electron chi connectivity index (χ3n) is 3.55. The van der Waals surface area contributed by atoms with Crippen molar-refractivity contribution in [3.8, 4) is 0 Å². The minimum Gasteiger partial charge on any atom is -0.380 e. The predicted molar refractivity (Wildman–Crippen MR) is 67.0 cm³/mol. The number of nitrogens with one attached hydrogen (secondary N) is 1. The van der Waals surface area contributed by atoms with Crippen LogP contribution in [0.2, 0.25) is 0 Å². The molecular weight excluding hydrogens is 218 g/mol. The van der Waals surface area contributed by atoms with Crippen LogP contribution in [-0.2, 0) is 24.1 Å². The van der Waals surface area contributed by atoms with Gasteiger partial charge in [0, 0.05) is 28.3 Å². The van der Waals surface area contributed by atoms with Gasteiger partial charge in [0.25, 0.3) is 0 Å². The van der Waals surface area contributed by atoms with Crippen LogP contribution in [0.4, 0.5) is 0 Å². The Hall–Kier alpha value is -0.380. The van der Waals surface area contributed by atoms with Gasteiger partial charge in [-0.3, -0.25) is 0 Å². The van der Waals surface area contributed by atoms with E-state index < -0.39 is 0 Å². The highest BCUT2D eigenvalue weighted by Gasteiger charge is 2.32. The lowest BCUT2D eigenvalue weighted by Gasteiger charge is -2.38. The Balaban J connectivity index is 1.51. The van der Waals surface area contributed by atoms with Gasteiger partial charge in [-0.05, 0) is 30.9 Å². The monoisotopic (exact) mass is 237 g/mol. The normalized spacial score (nSPS) is 21.8. The Morgan fingerprint density at radius 3 is 3.00 bits per heavy atom. The van der Waals surface area contributed by atoms with E-state index in [1.165, 1.54) is 24.1 Å². The summed E-state index contributed by atoms with van der Waals surface area (Å²) in [5.41, 5.74) is 2.00. The van der Waals surface area contributed by atoms with Crippen LogP contribution in [0.3, 0.4) is 0 Å². The summed E-state index contributed by atoms with van der Waals surface area (Å²) in [5.74, 6) is 0. The second-order valence-corrected chi connectivity index (χ2v) is 6.64. The van der Waals surface area contributed by atoms with Gasteiger partial charge in [0.1, 0.15) is 0 Å². The summed E-state index contributed by atoms with van der Waals surface area (Å²) >= 11 is 2.00. The van der Waals surface area contributed by atoms with Gasteiger partial charge < -0.3 is 10.1 Å². The molecule has 88 valence electrons. The minimum atomic E-state index is 0.389. The molecule has 0 amide bonds. The molecule has 0 bridgehead atoms. The zero-order valence-electron chi connectivity index (χ0n) is 9.84. The molecule has 1 N–H and O–H groups in total. The molecule has 0 radical (unpaired) electrons. The van der Waals surface area contributed by atoms with Crippen LogP contribution >= 0.6 is 11.3 Å². The summed E-state index contributed by atoms with van der Waals surface area (Å²) in [6, 6.07) is 2.40. The Kier molecular flexibility index (Phi) is 2.78. The molecule has 0 atom stereocenters. The quantitative estimate of drug-likeness (QED) is 0.868. The molecule has 3 heteroatoms. The highest BCUT2D eigenvalue weighted by atomic mass is 32.1. The van der Waals surface area contributed by atoms with E-state index in [9.17, 15) is 0 Å². The predicted octanol–water partition coefficient (Wildman–Crippen LogP) is 2.36. The average molecular weight is 237 g/mol. The molecule has 0 aromatic carbocycles. The van der Waals surface area contributed by atoms with Crippen molar-refractivity contribution >= 4 is 11.3 Å². The van der Waals surface area contributed by atoms with Gasteiger partial charge in [-0.2, -0.15) is 0 Å². The highest BCUT2D eigenvalue weighted by molar-refractivity contribution is 7.12. The van der Waals surface area contributed by atoms with Crippen LogP contribution in [0.15, 0.2) is 6.07 Å². The van der Waals surface area contributed by atoms with Crippen LogP contribution in [0.5, 0.6) is 0 Å². The fraction of sp³-hybridized carbons (Fsp3) is 0.692. The highest BCUT2D eigenvalue weighted by Crippen LogP contribution is 2.31. The fourth-order valence-electron chi connectivity index (χ4n) is 2.52. The van der Waals surface area contributed by atoms with Crippen molar-refractivity contribution in [1.29, 1.82) is 0 Å². The first kappa shape index (κ1) is 10.8. The van der Waals surface area contributed by atoms with Gasteiger partial charge in [-0.15, -0.1) is 11.3 Å². The molecule has 0 unspecified atom stereocenters. The molecule has 3 rings (SSSR count). The second-order valence-electron chi connectivity index (χ2n) is 5.42. The van der Waals surface area contributed by atoms with Crippen molar-refractivity contribution in [2.45, 2.75) is 32.7 Å². The van der Waals surface area contributed by atoms with Crippen molar-refractivity contribution < 1.29 is 4.74 Å². The van der Waals surface area contributed by atoms with Gasteiger partial charge in [-0.25, -0.2) is 0 Å². The third-order valence-corrected chi connectivity index (χ3v) is 4.79. The zero-order chi connectivity index (χ0) is 11.0. The van der Waals surface area contributed by atoms with Gasteiger partial charge >= 0.3 is 0 Å². The first-order valence-corrected chi connectivity index (χ1v) is 6.96. The molecule has 2 aliphatic rings. The Labute approximate surface area is 101 Å². The zero-order valence-corrected chi connectivity index (χ0v) is 10.7. The van der Waals surface area contributed by atoms with Crippen molar-refractivity contribution in [3.63, 3.8) is 0 Å². The maximum Gasteiger partial charge on any atom is 0.0554 e. The van der Waals surface area contributed by atoms with E-state index in [0.29, 0.717) is 5.41 Å². The van der Waals surface area contributed by atoms with Crippen LogP contribution < -0.4 is 5.32 Å². The number of thiophene rings is 1. The lowest BCUT2D eigenvalue weighted by Crippen LogP contribution is -2.47. The summed E-state index contributed by atoms with van der Waals surface area (Å²) in [4.78, 5) is 3.14. The standard InChI is InChI=1S/C13H19NOS/c1-13(8-15-9-13)7-14-6-11-5-10-3-2-4-12(10)16-11/h5,14H,2-4,6-9H2,1H3. The third kappa shape index (κ3) is 2.04. The molecule has 0 spiro atoms. The van der Waals surface area contributed by atoms with Gasteiger partial charge in [0.2, 0.25) is 0 Å². The summed E-state index contributed by atoms with van der Waals surface area (Å²) in [6.07, 6.45) is 3.98. The van der Waals surface area contributed by atoms with E-state index in [2.05, 4.69) is 18.3 Å². The molecule has 1 aliphatic carbocycles. The average Bonchev–Trinajstić information content (AvgIpc) is 2.75. The largest absolute Gasteiger partial charge is 0.380 e. The Morgan fingerprint density at radius 2 is 2.31 bits per heavy atom. The molecule has 1 aliphatic heterocycles. The summed E-state index contributed by atoms with van der Waals surface area (Å²) < 4.78 is 5.25. The number of fused-ring (bicyclic) bond motifs is 1. The summed E-state index contributed by atoms with van der Waals surface area (Å²) in [6.45, 7) is 6.24. The van der Waals surface area contributed by atoms with E-state index >= 15 is 0 Å². The van der Waals surface area contributed by atoms with Crippen molar-refractivity contribution in [3.05, 3.63) is 21.4 Å². The summed E-state index contributed by atoms with van der Waals surface area (Å²) in [5, 5.41) is 3.56. The number of hydrogen-bond donors (Lipinski definition) is 1. The topological polar surface area (TPSA) is 21.3 Å². The van der Waals surface area contributed by atoms with Gasteiger partial charge in [0.15, 0.2) is 0 Å². The van der Waals surface area contributed by atoms with Crippen molar-refractivity contribution in [2.75, 3.05) is 19.8 Å². The molecule has 2 heterocycles. The van der Waals surface area contributed by atoms with Crippen LogP contribution in [0.25, 0.3) is 0 Å². The molecule has 0 saturated carbocycles. The van der Waals surface area contributed by atoms with E-state index in [-0.39, 0.29) is 0 Å². The number of rotatable bonds is 4. The lowest BCUT2D eigenvalue weighted by atomic mass is 9.89. The molecule has 1 aromatic rings. The van der Waals surface area contributed by atoms with Crippen molar-refractivity contribution in [1.82, 2.24) is 5.32 Å². The Bertz CT molecular complexity index is 360. The molecule has 1 saturated heterocycles. The van der Waals surface area contributed by atoms with Gasteiger partial charge in [0.05, 0.1) is 13.2 Å². The molecule has 16 heavy (non-hydrogen) atoms. The van der Waals surface area contributed by atoms with Gasteiger partial charge in [-0.1, -0.05) is 6.92 Å².